The molecule has 0 aliphatic carbocycles. The van der Waals surface area contributed by atoms with Crippen LogP contribution >= 0.6 is 34.7 Å². The Kier molecular flexibility index (Phi) is 6.99. The highest BCUT2D eigenvalue weighted by Crippen LogP contribution is 2.33. The van der Waals surface area contributed by atoms with Crippen LogP contribution in [0.25, 0.3) is 0 Å². The zero-order valence-electron chi connectivity index (χ0n) is 15.9. The normalized spacial score (nSPS) is 11.5. The summed E-state index contributed by atoms with van der Waals surface area (Å²) in [6.45, 7) is 3.71. The number of thiazole rings is 1. The van der Waals surface area contributed by atoms with Gasteiger partial charge in [0.25, 0.3) is 0 Å². The molecule has 1 N–H and O–H groups in total. The van der Waals surface area contributed by atoms with E-state index in [1.54, 1.807) is 0 Å². The lowest BCUT2D eigenvalue weighted by molar-refractivity contribution is -0.137. The van der Waals surface area contributed by atoms with Gasteiger partial charge in [0.15, 0.2) is 10.3 Å². The minimum Gasteiger partial charge on any atom is -0.301 e. The van der Waals surface area contributed by atoms with Crippen molar-refractivity contribution in [3.8, 4) is 0 Å². The maximum Gasteiger partial charge on any atom is 0.416 e. The smallest absolute Gasteiger partial charge is 0.301 e. The van der Waals surface area contributed by atoms with Crippen LogP contribution in [0.4, 0.5) is 18.3 Å². The Bertz CT molecular complexity index is 1050. The second-order valence-electron chi connectivity index (χ2n) is 6.38. The first-order valence-corrected chi connectivity index (χ1v) is 10.8. The number of anilines is 1. The van der Waals surface area contributed by atoms with Crippen molar-refractivity contribution >= 4 is 45.7 Å². The molecule has 0 spiro atoms. The van der Waals surface area contributed by atoms with Gasteiger partial charge in [0.2, 0.25) is 5.91 Å². The topological polar surface area (TPSA) is 67.8 Å². The molecule has 1 amide bonds. The summed E-state index contributed by atoms with van der Waals surface area (Å²) in [5.41, 5.74) is 1.23. The second-order valence-corrected chi connectivity index (χ2v) is 8.85. The van der Waals surface area contributed by atoms with E-state index >= 15 is 0 Å². The van der Waals surface area contributed by atoms with Crippen LogP contribution in [-0.2, 0) is 17.4 Å². The van der Waals surface area contributed by atoms with Crippen LogP contribution in [0, 0.1) is 13.8 Å². The zero-order valence-corrected chi connectivity index (χ0v) is 18.3. The number of amides is 1. The number of nitrogens with zero attached hydrogens (tertiary/aromatic N) is 3. The van der Waals surface area contributed by atoms with E-state index in [-0.39, 0.29) is 23.1 Å². The number of rotatable bonds is 6. The van der Waals surface area contributed by atoms with Gasteiger partial charge in [0.1, 0.15) is 0 Å². The molecule has 1 aromatic carbocycles. The molecule has 0 radical (unpaired) electrons. The first-order valence-electron chi connectivity index (χ1n) is 8.65. The zero-order chi connectivity index (χ0) is 21.9. The molecule has 0 unspecified atom stereocenters. The molecule has 0 aliphatic heterocycles. The maximum atomic E-state index is 12.9. The molecule has 0 aliphatic rings. The van der Waals surface area contributed by atoms with E-state index in [0.29, 0.717) is 20.7 Å². The Labute approximate surface area is 184 Å². The SMILES string of the molecule is Cc1cc(C)nc(SCC(=O)Nc2ncc(Cc3cc(C(F)(F)F)ccc3Cl)s2)n1. The molecule has 3 aromatic rings. The third-order valence-electron chi connectivity index (χ3n) is 3.83. The summed E-state index contributed by atoms with van der Waals surface area (Å²) in [5.74, 6) is -0.169. The molecule has 30 heavy (non-hydrogen) atoms. The van der Waals surface area contributed by atoms with Crippen LogP contribution in [-0.4, -0.2) is 26.6 Å². The van der Waals surface area contributed by atoms with E-state index in [1.165, 1.54) is 35.4 Å². The number of hydrogen-bond donors (Lipinski definition) is 1. The monoisotopic (exact) mass is 472 g/mol. The van der Waals surface area contributed by atoms with Crippen molar-refractivity contribution in [2.75, 3.05) is 11.1 Å². The maximum absolute atomic E-state index is 12.9. The number of carbonyl (C=O) groups is 1. The average molecular weight is 473 g/mol. The molecular weight excluding hydrogens is 457 g/mol. The summed E-state index contributed by atoms with van der Waals surface area (Å²) < 4.78 is 38.7. The van der Waals surface area contributed by atoms with Gasteiger partial charge < -0.3 is 5.32 Å². The number of alkyl halides is 3. The van der Waals surface area contributed by atoms with Gasteiger partial charge in [0.05, 0.1) is 11.3 Å². The van der Waals surface area contributed by atoms with Crippen LogP contribution in [0.2, 0.25) is 5.02 Å². The molecule has 11 heteroatoms. The summed E-state index contributed by atoms with van der Waals surface area (Å²) in [4.78, 5) is 25.5. The van der Waals surface area contributed by atoms with Crippen molar-refractivity contribution in [3.63, 3.8) is 0 Å². The highest BCUT2D eigenvalue weighted by molar-refractivity contribution is 7.99. The number of halogens is 4. The van der Waals surface area contributed by atoms with E-state index in [4.69, 9.17) is 11.6 Å². The molecule has 0 fully saturated rings. The molecule has 158 valence electrons. The fourth-order valence-electron chi connectivity index (χ4n) is 2.56. The van der Waals surface area contributed by atoms with Gasteiger partial charge in [-0.3, -0.25) is 4.79 Å². The Morgan fingerprint density at radius 2 is 1.90 bits per heavy atom. The van der Waals surface area contributed by atoms with Crippen molar-refractivity contribution in [2.24, 2.45) is 0 Å². The van der Waals surface area contributed by atoms with Crippen molar-refractivity contribution < 1.29 is 18.0 Å². The largest absolute Gasteiger partial charge is 0.416 e. The van der Waals surface area contributed by atoms with Gasteiger partial charge in [-0.25, -0.2) is 15.0 Å². The standard InChI is InChI=1S/C19H16ClF3N4OS2/c1-10-5-11(2)26-18(25-10)29-9-16(28)27-17-24-8-14(30-17)7-12-6-13(19(21,22)23)3-4-15(12)20/h3-6,8H,7,9H2,1-2H3,(H,24,27,28). The lowest BCUT2D eigenvalue weighted by Crippen LogP contribution is -2.14. The number of benzene rings is 1. The number of nitrogens with one attached hydrogen (secondary N) is 1. The van der Waals surface area contributed by atoms with Gasteiger partial charge >= 0.3 is 6.18 Å². The predicted octanol–water partition coefficient (Wildman–Crippen LogP) is 5.54. The highest BCUT2D eigenvalue weighted by Gasteiger charge is 2.30. The van der Waals surface area contributed by atoms with Crippen molar-refractivity contribution in [2.45, 2.75) is 31.6 Å². The molecule has 2 heterocycles. The van der Waals surface area contributed by atoms with E-state index in [2.05, 4.69) is 20.3 Å². The summed E-state index contributed by atoms with van der Waals surface area (Å²) in [6.07, 6.45) is -2.75. The third kappa shape index (κ3) is 6.16. The summed E-state index contributed by atoms with van der Waals surface area (Å²) >= 11 is 8.43. The second kappa shape index (κ2) is 9.32. The first kappa shape index (κ1) is 22.5. The highest BCUT2D eigenvalue weighted by atomic mass is 35.5. The Morgan fingerprint density at radius 3 is 2.57 bits per heavy atom. The fraction of sp³-hybridized carbons (Fsp3) is 0.263. The lowest BCUT2D eigenvalue weighted by atomic mass is 10.1. The minimum atomic E-state index is -4.44. The molecule has 2 aromatic heterocycles. The first-order chi connectivity index (χ1) is 14.1. The molecule has 0 atom stereocenters. The van der Waals surface area contributed by atoms with Crippen LogP contribution < -0.4 is 5.32 Å². The number of aromatic nitrogens is 3. The minimum absolute atomic E-state index is 0.108. The molecule has 5 nitrogen and oxygen atoms in total. The predicted molar refractivity (Wildman–Crippen MR) is 112 cm³/mol. The van der Waals surface area contributed by atoms with E-state index in [0.717, 1.165) is 23.5 Å². The molecule has 0 saturated heterocycles. The molecule has 3 rings (SSSR count). The van der Waals surface area contributed by atoms with Gasteiger partial charge in [0, 0.05) is 33.9 Å². The van der Waals surface area contributed by atoms with E-state index in [9.17, 15) is 18.0 Å². The van der Waals surface area contributed by atoms with Gasteiger partial charge in [-0.1, -0.05) is 23.4 Å². The van der Waals surface area contributed by atoms with Crippen LogP contribution in [0.3, 0.4) is 0 Å². The van der Waals surface area contributed by atoms with E-state index in [1.807, 2.05) is 19.9 Å². The van der Waals surface area contributed by atoms with Crippen molar-refractivity contribution in [1.29, 1.82) is 0 Å². The van der Waals surface area contributed by atoms with Crippen LogP contribution in [0.1, 0.15) is 27.4 Å². The summed E-state index contributed by atoms with van der Waals surface area (Å²) in [5, 5.41) is 3.80. The van der Waals surface area contributed by atoms with Gasteiger partial charge in [-0.2, -0.15) is 13.2 Å². The quantitative estimate of drug-likeness (QED) is 0.376. The number of thioether (sulfide) groups is 1. The number of hydrogen-bond acceptors (Lipinski definition) is 6. The van der Waals surface area contributed by atoms with Gasteiger partial charge in [-0.05, 0) is 43.7 Å². The third-order valence-corrected chi connectivity index (χ3v) is 5.96. The van der Waals surface area contributed by atoms with Crippen molar-refractivity contribution in [3.05, 3.63) is 62.9 Å². The molecule has 0 bridgehead atoms. The van der Waals surface area contributed by atoms with Crippen LogP contribution in [0.15, 0.2) is 35.6 Å². The fourth-order valence-corrected chi connectivity index (χ4v) is 4.35. The van der Waals surface area contributed by atoms with Crippen LogP contribution in [0.5, 0.6) is 0 Å². The number of carbonyl (C=O) groups excluding carboxylic acids is 1. The average Bonchev–Trinajstić information content (AvgIpc) is 3.07. The molecule has 0 saturated carbocycles. The Morgan fingerprint density at radius 1 is 1.20 bits per heavy atom. The summed E-state index contributed by atoms with van der Waals surface area (Å²) in [7, 11) is 0. The lowest BCUT2D eigenvalue weighted by Gasteiger charge is -2.09. The number of aryl methyl sites for hydroxylation is 2. The Hall–Kier alpha value is -2.17. The molecular formula is C19H16ClF3N4OS2. The van der Waals surface area contributed by atoms with E-state index < -0.39 is 11.7 Å². The van der Waals surface area contributed by atoms with Gasteiger partial charge in [-0.15, -0.1) is 11.3 Å². The van der Waals surface area contributed by atoms with Crippen molar-refractivity contribution in [1.82, 2.24) is 15.0 Å². The summed E-state index contributed by atoms with van der Waals surface area (Å²) in [6, 6.07) is 5.05. The Balaban J connectivity index is 1.60.